The summed E-state index contributed by atoms with van der Waals surface area (Å²) >= 11 is 11.2. The van der Waals surface area contributed by atoms with Gasteiger partial charge in [-0.05, 0) is 19.1 Å². The average Bonchev–Trinajstić information content (AvgIpc) is 2.04. The maximum Gasteiger partial charge on any atom is 0.260 e. The number of carbonyl (C=O) groups excluding carboxylic acids is 1. The predicted molar refractivity (Wildman–Crippen MR) is 55.2 cm³/mol. The van der Waals surface area contributed by atoms with Crippen LogP contribution in [0.1, 0.15) is 6.92 Å². The number of alkyl halides is 2. The van der Waals surface area contributed by atoms with Gasteiger partial charge < -0.3 is 5.32 Å². The van der Waals surface area contributed by atoms with Crippen LogP contribution < -0.4 is 5.32 Å². The molecule has 0 aliphatic rings. The van der Waals surface area contributed by atoms with Gasteiger partial charge in [0.25, 0.3) is 5.91 Å². The average molecular weight is 218 g/mol. The van der Waals surface area contributed by atoms with E-state index in [9.17, 15) is 4.79 Å². The van der Waals surface area contributed by atoms with E-state index in [1.165, 1.54) is 6.92 Å². The Morgan fingerprint density at radius 2 is 1.85 bits per heavy atom. The summed E-state index contributed by atoms with van der Waals surface area (Å²) in [5, 5.41) is 2.58. The zero-order valence-corrected chi connectivity index (χ0v) is 8.56. The molecule has 0 aliphatic heterocycles. The number of hydrogen-bond acceptors (Lipinski definition) is 1. The maximum absolute atomic E-state index is 11.3. The molecule has 70 valence electrons. The van der Waals surface area contributed by atoms with Crippen molar-refractivity contribution in [2.75, 3.05) is 5.32 Å². The van der Waals surface area contributed by atoms with Gasteiger partial charge in [-0.15, -0.1) is 0 Å². The number of nitrogens with one attached hydrogen (secondary N) is 1. The van der Waals surface area contributed by atoms with Gasteiger partial charge in [-0.25, -0.2) is 0 Å². The van der Waals surface area contributed by atoms with Crippen LogP contribution in [0.4, 0.5) is 5.69 Å². The first-order valence-corrected chi connectivity index (χ1v) is 4.50. The molecular weight excluding hydrogens is 209 g/mol. The Morgan fingerprint density at radius 1 is 1.31 bits per heavy atom. The molecule has 4 heteroatoms. The summed E-state index contributed by atoms with van der Waals surface area (Å²) in [5.74, 6) is -0.429. The largest absolute Gasteiger partial charge is 0.323 e. The maximum atomic E-state index is 11.3. The second kappa shape index (κ2) is 3.99. The van der Waals surface area contributed by atoms with Gasteiger partial charge in [0.2, 0.25) is 0 Å². The zero-order valence-electron chi connectivity index (χ0n) is 7.05. The Bertz CT molecular complexity index is 292. The number of halogens is 2. The highest BCUT2D eigenvalue weighted by molar-refractivity contribution is 6.58. The van der Waals surface area contributed by atoms with Crippen molar-refractivity contribution < 1.29 is 4.79 Å². The normalized spacial score (nSPS) is 11.0. The van der Waals surface area contributed by atoms with Crippen molar-refractivity contribution in [1.82, 2.24) is 0 Å². The van der Waals surface area contributed by atoms with Gasteiger partial charge in [0, 0.05) is 5.69 Å². The monoisotopic (exact) mass is 217 g/mol. The molecule has 0 aliphatic carbocycles. The smallest absolute Gasteiger partial charge is 0.260 e. The fraction of sp³-hybridized carbons (Fsp3) is 0.222. The zero-order chi connectivity index (χ0) is 9.90. The van der Waals surface area contributed by atoms with Crippen molar-refractivity contribution in [1.29, 1.82) is 0 Å². The number of anilines is 1. The summed E-state index contributed by atoms with van der Waals surface area (Å²) in [6.45, 7) is 1.42. The van der Waals surface area contributed by atoms with Gasteiger partial charge in [0.05, 0.1) is 0 Å². The van der Waals surface area contributed by atoms with Crippen LogP contribution in [-0.4, -0.2) is 10.2 Å². The minimum atomic E-state index is -1.39. The number of para-hydroxylation sites is 1. The predicted octanol–water partition coefficient (Wildman–Crippen LogP) is 2.82. The van der Waals surface area contributed by atoms with Crippen LogP contribution >= 0.6 is 23.2 Å². The van der Waals surface area contributed by atoms with E-state index in [4.69, 9.17) is 23.2 Å². The van der Waals surface area contributed by atoms with Gasteiger partial charge in [-0.3, -0.25) is 4.79 Å². The van der Waals surface area contributed by atoms with E-state index in [1.54, 1.807) is 12.1 Å². The Kier molecular flexibility index (Phi) is 3.17. The van der Waals surface area contributed by atoms with E-state index in [2.05, 4.69) is 5.32 Å². The molecule has 0 saturated carbocycles. The second-order valence-corrected chi connectivity index (χ2v) is 4.41. The number of amides is 1. The van der Waals surface area contributed by atoms with Gasteiger partial charge in [-0.1, -0.05) is 41.4 Å². The highest BCUT2D eigenvalue weighted by Crippen LogP contribution is 2.21. The third kappa shape index (κ3) is 3.25. The quantitative estimate of drug-likeness (QED) is 0.759. The second-order valence-electron chi connectivity index (χ2n) is 2.71. The van der Waals surface area contributed by atoms with Gasteiger partial charge in [0.1, 0.15) is 0 Å². The van der Waals surface area contributed by atoms with E-state index in [1.807, 2.05) is 18.2 Å². The first-order chi connectivity index (χ1) is 6.00. The summed E-state index contributed by atoms with van der Waals surface area (Å²) in [6.07, 6.45) is 0. The molecule has 0 bridgehead atoms. The van der Waals surface area contributed by atoms with Crippen LogP contribution in [0, 0.1) is 0 Å². The molecule has 0 spiro atoms. The molecule has 1 N–H and O–H groups in total. The fourth-order valence-corrected chi connectivity index (χ4v) is 0.857. The van der Waals surface area contributed by atoms with E-state index in [0.717, 1.165) is 0 Å². The fourth-order valence-electron chi connectivity index (χ4n) is 0.762. The summed E-state index contributed by atoms with van der Waals surface area (Å²) in [7, 11) is 0. The Morgan fingerprint density at radius 3 is 2.31 bits per heavy atom. The van der Waals surface area contributed by atoms with Crippen LogP contribution in [0.2, 0.25) is 0 Å². The van der Waals surface area contributed by atoms with Crippen molar-refractivity contribution in [2.45, 2.75) is 11.3 Å². The molecule has 0 heterocycles. The lowest BCUT2D eigenvalue weighted by molar-refractivity contribution is -0.116. The first-order valence-electron chi connectivity index (χ1n) is 3.74. The minimum Gasteiger partial charge on any atom is -0.323 e. The first kappa shape index (κ1) is 10.4. The van der Waals surface area contributed by atoms with E-state index in [0.29, 0.717) is 5.69 Å². The third-order valence-corrected chi connectivity index (χ3v) is 1.77. The molecular formula is C9H9Cl2NO. The number of hydrogen-bond donors (Lipinski definition) is 1. The van der Waals surface area contributed by atoms with Crippen molar-refractivity contribution >= 4 is 34.8 Å². The molecule has 13 heavy (non-hydrogen) atoms. The Hall–Kier alpha value is -0.730. The number of rotatable bonds is 2. The Balaban J connectivity index is 2.66. The van der Waals surface area contributed by atoms with Crippen LogP contribution in [0.15, 0.2) is 30.3 Å². The topological polar surface area (TPSA) is 29.1 Å². The van der Waals surface area contributed by atoms with Crippen LogP contribution in [-0.2, 0) is 4.79 Å². The SMILES string of the molecule is CC(Cl)(Cl)C(=O)Nc1ccccc1. The highest BCUT2D eigenvalue weighted by atomic mass is 35.5. The van der Waals surface area contributed by atoms with Crippen LogP contribution in [0.3, 0.4) is 0 Å². The molecule has 2 nitrogen and oxygen atoms in total. The highest BCUT2D eigenvalue weighted by Gasteiger charge is 2.26. The van der Waals surface area contributed by atoms with Crippen molar-refractivity contribution in [3.8, 4) is 0 Å². The molecule has 0 radical (unpaired) electrons. The molecule has 1 aromatic carbocycles. The minimum absolute atomic E-state index is 0.429. The lowest BCUT2D eigenvalue weighted by atomic mass is 10.3. The number of benzene rings is 1. The van der Waals surface area contributed by atoms with E-state index in [-0.39, 0.29) is 0 Å². The van der Waals surface area contributed by atoms with Crippen LogP contribution in [0.25, 0.3) is 0 Å². The van der Waals surface area contributed by atoms with E-state index >= 15 is 0 Å². The third-order valence-electron chi connectivity index (χ3n) is 1.43. The Labute approximate surface area is 86.8 Å². The molecule has 0 unspecified atom stereocenters. The molecule has 1 rings (SSSR count). The molecule has 1 amide bonds. The molecule has 0 fully saturated rings. The van der Waals surface area contributed by atoms with Gasteiger partial charge in [0.15, 0.2) is 4.33 Å². The number of carbonyl (C=O) groups is 1. The standard InChI is InChI=1S/C9H9Cl2NO/c1-9(10,11)8(13)12-7-5-3-2-4-6-7/h2-6H,1H3,(H,12,13). The lowest BCUT2D eigenvalue weighted by Crippen LogP contribution is -2.29. The van der Waals surface area contributed by atoms with Crippen molar-refractivity contribution in [3.63, 3.8) is 0 Å². The molecule has 0 saturated heterocycles. The molecule has 1 aromatic rings. The molecule has 0 aromatic heterocycles. The van der Waals surface area contributed by atoms with Crippen LogP contribution in [0.5, 0.6) is 0 Å². The van der Waals surface area contributed by atoms with E-state index < -0.39 is 10.2 Å². The summed E-state index contributed by atoms with van der Waals surface area (Å²) in [6, 6.07) is 9.01. The van der Waals surface area contributed by atoms with Crippen molar-refractivity contribution in [2.24, 2.45) is 0 Å². The lowest BCUT2D eigenvalue weighted by Gasteiger charge is -2.12. The van der Waals surface area contributed by atoms with Gasteiger partial charge >= 0.3 is 0 Å². The summed E-state index contributed by atoms with van der Waals surface area (Å²) in [5.41, 5.74) is 0.681. The molecule has 0 atom stereocenters. The van der Waals surface area contributed by atoms with Crippen molar-refractivity contribution in [3.05, 3.63) is 30.3 Å². The summed E-state index contributed by atoms with van der Waals surface area (Å²) in [4.78, 5) is 11.3. The van der Waals surface area contributed by atoms with Gasteiger partial charge in [-0.2, -0.15) is 0 Å². The summed E-state index contributed by atoms with van der Waals surface area (Å²) < 4.78 is -1.39.